The highest BCUT2D eigenvalue weighted by atomic mass is 16.5. The SMILES string of the molecule is CCOc1cc[n+](C(C)(C)C)cc1. The minimum Gasteiger partial charge on any atom is -0.493 e. The van der Waals surface area contributed by atoms with Gasteiger partial charge < -0.3 is 4.74 Å². The van der Waals surface area contributed by atoms with Crippen LogP contribution in [0.15, 0.2) is 24.5 Å². The van der Waals surface area contributed by atoms with E-state index in [1.165, 1.54) is 0 Å². The van der Waals surface area contributed by atoms with Crippen LogP contribution in [-0.4, -0.2) is 6.61 Å². The molecule has 0 atom stereocenters. The van der Waals surface area contributed by atoms with Crippen LogP contribution in [0.25, 0.3) is 0 Å². The Kier molecular flexibility index (Phi) is 2.91. The third-order valence-electron chi connectivity index (χ3n) is 1.88. The average Bonchev–Trinajstić information content (AvgIpc) is 2.04. The first-order chi connectivity index (χ1) is 6.04. The quantitative estimate of drug-likeness (QED) is 0.635. The van der Waals surface area contributed by atoms with Crippen LogP contribution in [0.2, 0.25) is 0 Å². The molecule has 0 aromatic carbocycles. The molecule has 0 saturated carbocycles. The van der Waals surface area contributed by atoms with Crippen molar-refractivity contribution in [2.45, 2.75) is 33.2 Å². The van der Waals surface area contributed by atoms with E-state index >= 15 is 0 Å². The van der Waals surface area contributed by atoms with Gasteiger partial charge in [-0.15, -0.1) is 0 Å². The predicted molar refractivity (Wildman–Crippen MR) is 52.8 cm³/mol. The maximum absolute atomic E-state index is 5.36. The Morgan fingerprint density at radius 3 is 2.15 bits per heavy atom. The van der Waals surface area contributed by atoms with Gasteiger partial charge in [-0.1, -0.05) is 0 Å². The second-order valence-electron chi connectivity index (χ2n) is 4.04. The Bertz CT molecular complexity index is 258. The lowest BCUT2D eigenvalue weighted by Gasteiger charge is -2.12. The lowest BCUT2D eigenvalue weighted by Crippen LogP contribution is -2.49. The highest BCUT2D eigenvalue weighted by molar-refractivity contribution is 5.14. The monoisotopic (exact) mass is 180 g/mol. The van der Waals surface area contributed by atoms with Crippen molar-refractivity contribution in [2.24, 2.45) is 0 Å². The van der Waals surface area contributed by atoms with E-state index in [-0.39, 0.29) is 5.54 Å². The van der Waals surface area contributed by atoms with Crippen molar-refractivity contribution in [3.8, 4) is 5.75 Å². The summed E-state index contributed by atoms with van der Waals surface area (Å²) in [5.41, 5.74) is 0.144. The Morgan fingerprint density at radius 2 is 1.77 bits per heavy atom. The first-order valence-electron chi connectivity index (χ1n) is 4.68. The molecule has 1 aromatic heterocycles. The van der Waals surface area contributed by atoms with Gasteiger partial charge in [-0.05, 0) is 6.92 Å². The molecule has 0 N–H and O–H groups in total. The van der Waals surface area contributed by atoms with Crippen LogP contribution in [0.5, 0.6) is 5.75 Å². The largest absolute Gasteiger partial charge is 0.493 e. The van der Waals surface area contributed by atoms with Gasteiger partial charge in [0.25, 0.3) is 0 Å². The van der Waals surface area contributed by atoms with Gasteiger partial charge in [0.2, 0.25) is 0 Å². The van der Waals surface area contributed by atoms with Gasteiger partial charge in [0.05, 0.1) is 6.61 Å². The smallest absolute Gasteiger partial charge is 0.172 e. The molecule has 2 heteroatoms. The number of hydrogen-bond acceptors (Lipinski definition) is 1. The summed E-state index contributed by atoms with van der Waals surface area (Å²) in [6.07, 6.45) is 4.09. The highest BCUT2D eigenvalue weighted by Crippen LogP contribution is 2.09. The summed E-state index contributed by atoms with van der Waals surface area (Å²) in [4.78, 5) is 0. The molecule has 0 unspecified atom stereocenters. The second kappa shape index (κ2) is 3.77. The normalized spacial score (nSPS) is 11.4. The molecule has 0 aliphatic rings. The fourth-order valence-electron chi connectivity index (χ4n) is 1.12. The summed E-state index contributed by atoms with van der Waals surface area (Å²) in [5.74, 6) is 0.933. The molecule has 2 nitrogen and oxygen atoms in total. The van der Waals surface area contributed by atoms with Crippen LogP contribution in [-0.2, 0) is 5.54 Å². The van der Waals surface area contributed by atoms with Crippen molar-refractivity contribution in [3.05, 3.63) is 24.5 Å². The zero-order chi connectivity index (χ0) is 9.90. The van der Waals surface area contributed by atoms with E-state index in [0.717, 1.165) is 12.4 Å². The number of nitrogens with zero attached hydrogens (tertiary/aromatic N) is 1. The minimum absolute atomic E-state index is 0.144. The molecule has 0 saturated heterocycles. The molecule has 0 aliphatic heterocycles. The maximum Gasteiger partial charge on any atom is 0.172 e. The molecule has 0 spiro atoms. The van der Waals surface area contributed by atoms with E-state index in [4.69, 9.17) is 4.74 Å². The first kappa shape index (κ1) is 10.0. The van der Waals surface area contributed by atoms with Crippen LogP contribution in [0.1, 0.15) is 27.7 Å². The average molecular weight is 180 g/mol. The number of ether oxygens (including phenoxy) is 1. The van der Waals surface area contributed by atoms with Crippen molar-refractivity contribution in [1.82, 2.24) is 0 Å². The van der Waals surface area contributed by atoms with Gasteiger partial charge in [-0.25, -0.2) is 4.57 Å². The molecule has 1 rings (SSSR count). The Balaban J connectivity index is 2.81. The summed E-state index contributed by atoms with van der Waals surface area (Å²) in [7, 11) is 0. The van der Waals surface area contributed by atoms with E-state index < -0.39 is 0 Å². The molecule has 0 aliphatic carbocycles. The van der Waals surface area contributed by atoms with E-state index in [9.17, 15) is 0 Å². The lowest BCUT2D eigenvalue weighted by molar-refractivity contribution is -0.754. The van der Waals surface area contributed by atoms with Gasteiger partial charge in [0.1, 0.15) is 5.75 Å². The van der Waals surface area contributed by atoms with Crippen molar-refractivity contribution in [2.75, 3.05) is 6.61 Å². The topological polar surface area (TPSA) is 13.1 Å². The fraction of sp³-hybridized carbons (Fsp3) is 0.545. The zero-order valence-corrected chi connectivity index (χ0v) is 8.87. The van der Waals surface area contributed by atoms with Crippen LogP contribution in [0, 0.1) is 0 Å². The molecule has 0 amide bonds. The standard InChI is InChI=1S/C11H18NO/c1-5-13-10-6-8-12(9-7-10)11(2,3)4/h6-9H,5H2,1-4H3/q+1. The molecule has 0 radical (unpaired) electrons. The summed E-state index contributed by atoms with van der Waals surface area (Å²) >= 11 is 0. The van der Waals surface area contributed by atoms with Gasteiger partial charge in [0.15, 0.2) is 17.9 Å². The third kappa shape index (κ3) is 2.72. The van der Waals surface area contributed by atoms with E-state index in [1.807, 2.05) is 31.5 Å². The van der Waals surface area contributed by atoms with Crippen LogP contribution in [0.4, 0.5) is 0 Å². The lowest BCUT2D eigenvalue weighted by atomic mass is 10.1. The molecular formula is C11H18NO+. The minimum atomic E-state index is 0.144. The Hall–Kier alpha value is -1.05. The van der Waals surface area contributed by atoms with Gasteiger partial charge in [-0.2, -0.15) is 0 Å². The molecule has 13 heavy (non-hydrogen) atoms. The Morgan fingerprint density at radius 1 is 1.23 bits per heavy atom. The van der Waals surface area contributed by atoms with E-state index in [1.54, 1.807) is 0 Å². The molecule has 0 bridgehead atoms. The Labute approximate surface area is 80.2 Å². The first-order valence-corrected chi connectivity index (χ1v) is 4.68. The van der Waals surface area contributed by atoms with Crippen LogP contribution >= 0.6 is 0 Å². The van der Waals surface area contributed by atoms with Crippen molar-refractivity contribution in [1.29, 1.82) is 0 Å². The molecule has 0 fully saturated rings. The van der Waals surface area contributed by atoms with Gasteiger partial charge >= 0.3 is 0 Å². The van der Waals surface area contributed by atoms with Gasteiger partial charge in [0, 0.05) is 32.9 Å². The molecule has 1 aromatic rings. The van der Waals surface area contributed by atoms with E-state index in [0.29, 0.717) is 0 Å². The number of rotatable bonds is 2. The summed E-state index contributed by atoms with van der Waals surface area (Å²) in [6, 6.07) is 3.99. The van der Waals surface area contributed by atoms with Crippen molar-refractivity contribution in [3.63, 3.8) is 0 Å². The van der Waals surface area contributed by atoms with E-state index in [2.05, 4.69) is 25.3 Å². The van der Waals surface area contributed by atoms with Crippen molar-refractivity contribution >= 4 is 0 Å². The molecular weight excluding hydrogens is 162 g/mol. The summed E-state index contributed by atoms with van der Waals surface area (Å²) < 4.78 is 7.52. The highest BCUT2D eigenvalue weighted by Gasteiger charge is 2.20. The van der Waals surface area contributed by atoms with Crippen LogP contribution < -0.4 is 9.30 Å². The summed E-state index contributed by atoms with van der Waals surface area (Å²) in [6.45, 7) is 9.23. The zero-order valence-electron chi connectivity index (χ0n) is 8.87. The maximum atomic E-state index is 5.36. The molecule has 72 valence electrons. The van der Waals surface area contributed by atoms with Crippen molar-refractivity contribution < 1.29 is 9.30 Å². The van der Waals surface area contributed by atoms with Gasteiger partial charge in [-0.3, -0.25) is 0 Å². The third-order valence-corrected chi connectivity index (χ3v) is 1.88. The predicted octanol–water partition coefficient (Wildman–Crippen LogP) is 2.13. The molecule has 1 heterocycles. The van der Waals surface area contributed by atoms with Crippen LogP contribution in [0.3, 0.4) is 0 Å². The second-order valence-corrected chi connectivity index (χ2v) is 4.04. The number of hydrogen-bond donors (Lipinski definition) is 0. The number of pyridine rings is 1. The number of aromatic nitrogens is 1. The summed E-state index contributed by atoms with van der Waals surface area (Å²) in [5, 5.41) is 0. The fourth-order valence-corrected chi connectivity index (χ4v) is 1.12.